The highest BCUT2D eigenvalue weighted by atomic mass is 79.9. The van der Waals surface area contributed by atoms with Crippen LogP contribution in [0, 0.1) is 16.5 Å². The first-order valence-electron chi connectivity index (χ1n) is 5.59. The van der Waals surface area contributed by atoms with E-state index in [2.05, 4.69) is 40.0 Å². The van der Waals surface area contributed by atoms with E-state index in [0.29, 0.717) is 15.2 Å². The number of hydrogen-bond acceptors (Lipinski definition) is 2. The SMILES string of the molecule is CC(C)Cn1c(-c2ccc(F)cc2Br)n[nH]c1=S. The van der Waals surface area contributed by atoms with Crippen LogP contribution in [0.5, 0.6) is 0 Å². The molecular formula is C12H13BrFN3S. The average molecular weight is 330 g/mol. The van der Waals surface area contributed by atoms with E-state index < -0.39 is 0 Å². The average Bonchev–Trinajstić information content (AvgIpc) is 2.60. The van der Waals surface area contributed by atoms with Gasteiger partial charge in [-0.2, -0.15) is 5.10 Å². The van der Waals surface area contributed by atoms with Crippen molar-refractivity contribution < 1.29 is 4.39 Å². The van der Waals surface area contributed by atoms with Crippen LogP contribution < -0.4 is 0 Å². The van der Waals surface area contributed by atoms with Crippen LogP contribution in [0.15, 0.2) is 22.7 Å². The number of aromatic amines is 1. The predicted molar refractivity (Wildman–Crippen MR) is 75.3 cm³/mol. The zero-order chi connectivity index (χ0) is 13.3. The van der Waals surface area contributed by atoms with Crippen molar-refractivity contribution in [3.8, 4) is 11.4 Å². The Balaban J connectivity index is 2.54. The van der Waals surface area contributed by atoms with Crippen LogP contribution >= 0.6 is 28.1 Å². The summed E-state index contributed by atoms with van der Waals surface area (Å²) < 4.78 is 16.3. The Kier molecular flexibility index (Phi) is 3.97. The zero-order valence-corrected chi connectivity index (χ0v) is 12.5. The van der Waals surface area contributed by atoms with Crippen LogP contribution in [0.3, 0.4) is 0 Å². The number of benzene rings is 1. The summed E-state index contributed by atoms with van der Waals surface area (Å²) in [5.41, 5.74) is 0.824. The second-order valence-electron chi connectivity index (χ2n) is 4.48. The predicted octanol–water partition coefficient (Wildman–Crippen LogP) is 4.17. The van der Waals surface area contributed by atoms with Crippen molar-refractivity contribution in [2.75, 3.05) is 0 Å². The highest BCUT2D eigenvalue weighted by Crippen LogP contribution is 2.28. The minimum atomic E-state index is -0.282. The van der Waals surface area contributed by atoms with E-state index in [1.165, 1.54) is 12.1 Å². The smallest absolute Gasteiger partial charge is 0.195 e. The lowest BCUT2D eigenvalue weighted by Crippen LogP contribution is -2.06. The van der Waals surface area contributed by atoms with E-state index in [-0.39, 0.29) is 5.82 Å². The van der Waals surface area contributed by atoms with Gasteiger partial charge in [0.25, 0.3) is 0 Å². The fraction of sp³-hybridized carbons (Fsp3) is 0.333. The van der Waals surface area contributed by atoms with Gasteiger partial charge >= 0.3 is 0 Å². The maximum absolute atomic E-state index is 13.1. The molecule has 1 N–H and O–H groups in total. The molecule has 1 aromatic heterocycles. The highest BCUT2D eigenvalue weighted by Gasteiger charge is 2.13. The molecule has 0 aliphatic heterocycles. The second-order valence-corrected chi connectivity index (χ2v) is 5.72. The van der Waals surface area contributed by atoms with Crippen LogP contribution in [0.2, 0.25) is 0 Å². The van der Waals surface area contributed by atoms with Crippen molar-refractivity contribution in [3.63, 3.8) is 0 Å². The largest absolute Gasteiger partial charge is 0.300 e. The quantitative estimate of drug-likeness (QED) is 0.857. The second kappa shape index (κ2) is 5.32. The summed E-state index contributed by atoms with van der Waals surface area (Å²) >= 11 is 8.57. The van der Waals surface area contributed by atoms with Crippen LogP contribution in [0.1, 0.15) is 13.8 Å². The number of nitrogens with one attached hydrogen (secondary N) is 1. The van der Waals surface area contributed by atoms with Gasteiger partial charge in [-0.25, -0.2) is 4.39 Å². The molecule has 0 spiro atoms. The number of aromatic nitrogens is 3. The van der Waals surface area contributed by atoms with Gasteiger partial charge in [-0.1, -0.05) is 13.8 Å². The van der Waals surface area contributed by atoms with E-state index in [1.807, 2.05) is 4.57 Å². The van der Waals surface area contributed by atoms with E-state index >= 15 is 0 Å². The molecule has 18 heavy (non-hydrogen) atoms. The Morgan fingerprint density at radius 1 is 1.50 bits per heavy atom. The molecule has 0 amide bonds. The lowest BCUT2D eigenvalue weighted by molar-refractivity contribution is 0.521. The molecule has 96 valence electrons. The van der Waals surface area contributed by atoms with Crippen LogP contribution in [0.25, 0.3) is 11.4 Å². The van der Waals surface area contributed by atoms with Gasteiger partial charge < -0.3 is 0 Å². The highest BCUT2D eigenvalue weighted by molar-refractivity contribution is 9.10. The van der Waals surface area contributed by atoms with Gasteiger partial charge in [0.2, 0.25) is 0 Å². The van der Waals surface area contributed by atoms with Gasteiger partial charge in [0.1, 0.15) is 5.82 Å². The number of hydrogen-bond donors (Lipinski definition) is 1. The third-order valence-electron chi connectivity index (χ3n) is 2.48. The van der Waals surface area contributed by atoms with Crippen molar-refractivity contribution in [2.45, 2.75) is 20.4 Å². The number of halogens is 2. The van der Waals surface area contributed by atoms with Crippen LogP contribution in [-0.2, 0) is 6.54 Å². The summed E-state index contributed by atoms with van der Waals surface area (Å²) in [5, 5.41) is 7.01. The Labute approximate surface area is 118 Å². The van der Waals surface area contributed by atoms with E-state index in [1.54, 1.807) is 6.07 Å². The third kappa shape index (κ3) is 2.70. The molecule has 0 aliphatic carbocycles. The minimum Gasteiger partial charge on any atom is -0.300 e. The molecular weight excluding hydrogens is 317 g/mol. The first-order chi connectivity index (χ1) is 8.49. The third-order valence-corrected chi connectivity index (χ3v) is 3.45. The molecule has 2 aromatic rings. The molecule has 3 nitrogen and oxygen atoms in total. The van der Waals surface area contributed by atoms with Gasteiger partial charge in [0.05, 0.1) is 0 Å². The molecule has 0 bridgehead atoms. The number of H-pyrrole nitrogens is 1. The normalized spacial score (nSPS) is 11.2. The number of nitrogens with zero attached hydrogens (tertiary/aromatic N) is 2. The maximum Gasteiger partial charge on any atom is 0.195 e. The Hall–Kier alpha value is -1.01. The fourth-order valence-electron chi connectivity index (χ4n) is 1.73. The van der Waals surface area contributed by atoms with E-state index in [9.17, 15) is 4.39 Å². The summed E-state index contributed by atoms with van der Waals surface area (Å²) in [6.45, 7) is 4.99. The minimum absolute atomic E-state index is 0.282. The molecule has 0 aliphatic rings. The first kappa shape index (κ1) is 13.4. The monoisotopic (exact) mass is 329 g/mol. The molecule has 0 unspecified atom stereocenters. The number of rotatable bonds is 3. The van der Waals surface area contributed by atoms with Crippen LogP contribution in [0.4, 0.5) is 4.39 Å². The van der Waals surface area contributed by atoms with Gasteiger partial charge in [-0.05, 0) is 52.3 Å². The van der Waals surface area contributed by atoms with Gasteiger partial charge in [0, 0.05) is 16.6 Å². The fourth-order valence-corrected chi connectivity index (χ4v) is 2.46. The molecule has 6 heteroatoms. The first-order valence-corrected chi connectivity index (χ1v) is 6.79. The summed E-state index contributed by atoms with van der Waals surface area (Å²) in [5.74, 6) is 0.892. The molecule has 1 aromatic carbocycles. The van der Waals surface area contributed by atoms with Crippen molar-refractivity contribution >= 4 is 28.1 Å². The topological polar surface area (TPSA) is 33.6 Å². The summed E-state index contributed by atoms with van der Waals surface area (Å²) in [4.78, 5) is 0. The molecule has 0 fully saturated rings. The van der Waals surface area contributed by atoms with Gasteiger partial charge in [-0.3, -0.25) is 9.67 Å². The van der Waals surface area contributed by atoms with Crippen LogP contribution in [-0.4, -0.2) is 14.8 Å². The van der Waals surface area contributed by atoms with Crippen molar-refractivity contribution in [3.05, 3.63) is 33.3 Å². The Morgan fingerprint density at radius 2 is 2.22 bits per heavy atom. The Morgan fingerprint density at radius 3 is 2.83 bits per heavy atom. The van der Waals surface area contributed by atoms with Crippen molar-refractivity contribution in [1.82, 2.24) is 14.8 Å². The summed E-state index contributed by atoms with van der Waals surface area (Å²) in [7, 11) is 0. The molecule has 1 heterocycles. The Bertz CT molecular complexity index is 618. The van der Waals surface area contributed by atoms with Gasteiger partial charge in [0.15, 0.2) is 10.6 Å². The lowest BCUT2D eigenvalue weighted by atomic mass is 10.2. The zero-order valence-electron chi connectivity index (χ0n) is 10.1. The maximum atomic E-state index is 13.1. The van der Waals surface area contributed by atoms with E-state index in [0.717, 1.165) is 17.9 Å². The van der Waals surface area contributed by atoms with Crippen molar-refractivity contribution in [2.24, 2.45) is 5.92 Å². The molecule has 0 atom stereocenters. The van der Waals surface area contributed by atoms with E-state index in [4.69, 9.17) is 12.2 Å². The standard InChI is InChI=1S/C12H13BrFN3S/c1-7(2)6-17-11(15-16-12(17)18)9-4-3-8(14)5-10(9)13/h3-5,7H,6H2,1-2H3,(H,16,18). The summed E-state index contributed by atoms with van der Waals surface area (Å²) in [6, 6.07) is 4.53. The molecule has 2 rings (SSSR count). The lowest BCUT2D eigenvalue weighted by Gasteiger charge is -2.10. The van der Waals surface area contributed by atoms with Gasteiger partial charge in [-0.15, -0.1) is 0 Å². The summed E-state index contributed by atoms with van der Waals surface area (Å²) in [6.07, 6.45) is 0. The molecule has 0 radical (unpaired) electrons. The molecule has 0 saturated carbocycles. The van der Waals surface area contributed by atoms with Crippen molar-refractivity contribution in [1.29, 1.82) is 0 Å². The molecule has 0 saturated heterocycles.